The van der Waals surface area contributed by atoms with Crippen molar-refractivity contribution in [2.75, 3.05) is 5.32 Å². The molecule has 0 saturated carbocycles. The van der Waals surface area contributed by atoms with Crippen molar-refractivity contribution in [3.8, 4) is 0 Å². The molecule has 0 aromatic carbocycles. The van der Waals surface area contributed by atoms with E-state index in [4.69, 9.17) is 11.6 Å². The Morgan fingerprint density at radius 3 is 2.50 bits per heavy atom. The Morgan fingerprint density at radius 1 is 1.57 bits per heavy atom. The lowest BCUT2D eigenvalue weighted by molar-refractivity contribution is -0.115. The minimum atomic E-state index is -0.533. The van der Waals surface area contributed by atoms with Crippen LogP contribution in [0.3, 0.4) is 0 Å². The van der Waals surface area contributed by atoms with Gasteiger partial charge in [-0.1, -0.05) is 0 Å². The molecule has 1 atom stereocenters. The third-order valence-corrected chi connectivity index (χ3v) is 2.32. The summed E-state index contributed by atoms with van der Waals surface area (Å²) >= 11 is 5.65. The van der Waals surface area contributed by atoms with Crippen molar-refractivity contribution in [1.29, 1.82) is 0 Å². The number of nitrogens with zero attached hydrogens (tertiary/aromatic N) is 2. The van der Waals surface area contributed by atoms with E-state index in [0.717, 1.165) is 17.1 Å². The van der Waals surface area contributed by atoms with Gasteiger partial charge in [0.15, 0.2) is 0 Å². The second kappa shape index (κ2) is 4.00. The molecule has 78 valence electrons. The summed E-state index contributed by atoms with van der Waals surface area (Å²) in [5, 5.41) is 6.39. The van der Waals surface area contributed by atoms with Crippen LogP contribution in [0, 0.1) is 13.8 Å². The minimum Gasteiger partial charge on any atom is -0.322 e. The number of carbonyl (C=O) groups is 1. The predicted octanol–water partition coefficient (Wildman–Crippen LogP) is 1.60. The summed E-state index contributed by atoms with van der Waals surface area (Å²) in [6.45, 7) is 5.38. The van der Waals surface area contributed by atoms with Crippen molar-refractivity contribution in [3.63, 3.8) is 0 Å². The number of nitrogens with one attached hydrogen (secondary N) is 1. The lowest BCUT2D eigenvalue weighted by Crippen LogP contribution is -2.21. The third kappa shape index (κ3) is 2.07. The van der Waals surface area contributed by atoms with E-state index in [2.05, 4.69) is 10.4 Å². The molecule has 0 saturated heterocycles. The van der Waals surface area contributed by atoms with Crippen LogP contribution in [0.15, 0.2) is 0 Å². The lowest BCUT2D eigenvalue weighted by Gasteiger charge is -2.06. The lowest BCUT2D eigenvalue weighted by atomic mass is 10.3. The second-order valence-electron chi connectivity index (χ2n) is 3.27. The molecule has 1 unspecified atom stereocenters. The quantitative estimate of drug-likeness (QED) is 0.762. The molecule has 0 aliphatic heterocycles. The molecular formula is C9H14ClN3O. The smallest absolute Gasteiger partial charge is 0.242 e. The Balaban J connectivity index is 2.92. The summed E-state index contributed by atoms with van der Waals surface area (Å²) in [4.78, 5) is 11.3. The first-order valence-electron chi connectivity index (χ1n) is 4.38. The zero-order valence-electron chi connectivity index (χ0n) is 8.76. The zero-order chi connectivity index (χ0) is 10.9. The summed E-state index contributed by atoms with van der Waals surface area (Å²) in [6.07, 6.45) is 0. The van der Waals surface area contributed by atoms with Gasteiger partial charge in [-0.05, 0) is 20.8 Å². The average Bonchev–Trinajstić information content (AvgIpc) is 2.32. The number of aryl methyl sites for hydroxylation is 2. The highest BCUT2D eigenvalue weighted by Gasteiger charge is 2.15. The Bertz CT molecular complexity index is 357. The van der Waals surface area contributed by atoms with Crippen molar-refractivity contribution in [2.24, 2.45) is 7.05 Å². The molecule has 5 heteroatoms. The van der Waals surface area contributed by atoms with Crippen LogP contribution in [-0.2, 0) is 11.8 Å². The molecule has 1 rings (SSSR count). The normalized spacial score (nSPS) is 12.6. The van der Waals surface area contributed by atoms with Crippen molar-refractivity contribution < 1.29 is 4.79 Å². The average molecular weight is 216 g/mol. The Hall–Kier alpha value is -1.03. The predicted molar refractivity (Wildman–Crippen MR) is 56.6 cm³/mol. The van der Waals surface area contributed by atoms with E-state index < -0.39 is 5.38 Å². The van der Waals surface area contributed by atoms with Gasteiger partial charge < -0.3 is 5.32 Å². The number of hydrogen-bond acceptors (Lipinski definition) is 2. The maximum absolute atomic E-state index is 11.3. The van der Waals surface area contributed by atoms with Gasteiger partial charge in [0.2, 0.25) is 5.91 Å². The fourth-order valence-corrected chi connectivity index (χ4v) is 1.23. The van der Waals surface area contributed by atoms with E-state index in [0.29, 0.717) is 0 Å². The number of anilines is 1. The number of alkyl halides is 1. The van der Waals surface area contributed by atoms with Gasteiger partial charge in [0, 0.05) is 7.05 Å². The van der Waals surface area contributed by atoms with Crippen molar-refractivity contribution in [1.82, 2.24) is 9.78 Å². The number of amides is 1. The number of carbonyl (C=O) groups excluding carboxylic acids is 1. The van der Waals surface area contributed by atoms with Crippen molar-refractivity contribution in [2.45, 2.75) is 26.1 Å². The molecular weight excluding hydrogens is 202 g/mol. The summed E-state index contributed by atoms with van der Waals surface area (Å²) < 4.78 is 1.73. The van der Waals surface area contributed by atoms with E-state index in [1.54, 1.807) is 11.6 Å². The first kappa shape index (κ1) is 11.0. The van der Waals surface area contributed by atoms with Gasteiger partial charge in [0.25, 0.3) is 0 Å². The first-order valence-corrected chi connectivity index (χ1v) is 4.82. The van der Waals surface area contributed by atoms with Crippen LogP contribution < -0.4 is 5.32 Å². The third-order valence-electron chi connectivity index (χ3n) is 2.12. The molecule has 0 aliphatic carbocycles. The van der Waals surface area contributed by atoms with Gasteiger partial charge in [0.1, 0.15) is 5.38 Å². The van der Waals surface area contributed by atoms with E-state index >= 15 is 0 Å². The van der Waals surface area contributed by atoms with Crippen LogP contribution in [0.2, 0.25) is 0 Å². The Kier molecular flexibility index (Phi) is 3.16. The SMILES string of the molecule is Cc1nn(C)c(C)c1NC(=O)C(C)Cl. The van der Waals surface area contributed by atoms with E-state index in [1.165, 1.54) is 0 Å². The Labute approximate surface area is 88.2 Å². The molecule has 1 heterocycles. The molecule has 0 radical (unpaired) electrons. The number of aromatic nitrogens is 2. The summed E-state index contributed by atoms with van der Waals surface area (Å²) in [5.74, 6) is -0.203. The van der Waals surface area contributed by atoms with Gasteiger partial charge in [-0.25, -0.2) is 0 Å². The largest absolute Gasteiger partial charge is 0.322 e. The maximum atomic E-state index is 11.3. The van der Waals surface area contributed by atoms with Gasteiger partial charge in [0.05, 0.1) is 17.1 Å². The minimum absolute atomic E-state index is 0.203. The van der Waals surface area contributed by atoms with Gasteiger partial charge in [-0.15, -0.1) is 11.6 Å². The van der Waals surface area contributed by atoms with Crippen LogP contribution in [0.1, 0.15) is 18.3 Å². The van der Waals surface area contributed by atoms with Gasteiger partial charge >= 0.3 is 0 Å². The van der Waals surface area contributed by atoms with E-state index in [-0.39, 0.29) is 5.91 Å². The number of rotatable bonds is 2. The maximum Gasteiger partial charge on any atom is 0.242 e. The molecule has 1 aromatic heterocycles. The molecule has 0 spiro atoms. The first-order chi connectivity index (χ1) is 6.43. The van der Waals surface area contributed by atoms with Crippen LogP contribution in [-0.4, -0.2) is 21.1 Å². The Morgan fingerprint density at radius 2 is 2.14 bits per heavy atom. The molecule has 0 bridgehead atoms. The molecule has 4 nitrogen and oxygen atoms in total. The topological polar surface area (TPSA) is 46.9 Å². The molecule has 1 N–H and O–H groups in total. The highest BCUT2D eigenvalue weighted by Crippen LogP contribution is 2.18. The summed E-state index contributed by atoms with van der Waals surface area (Å²) in [5.41, 5.74) is 2.48. The van der Waals surface area contributed by atoms with Crippen LogP contribution in [0.5, 0.6) is 0 Å². The van der Waals surface area contributed by atoms with E-state index in [9.17, 15) is 4.79 Å². The highest BCUT2D eigenvalue weighted by molar-refractivity contribution is 6.32. The highest BCUT2D eigenvalue weighted by atomic mass is 35.5. The summed E-state index contributed by atoms with van der Waals surface area (Å²) in [6, 6.07) is 0. The number of hydrogen-bond donors (Lipinski definition) is 1. The molecule has 14 heavy (non-hydrogen) atoms. The molecule has 1 aromatic rings. The van der Waals surface area contributed by atoms with Gasteiger partial charge in [-0.3, -0.25) is 9.48 Å². The summed E-state index contributed by atoms with van der Waals surface area (Å²) in [7, 11) is 1.84. The van der Waals surface area contributed by atoms with Crippen molar-refractivity contribution in [3.05, 3.63) is 11.4 Å². The number of halogens is 1. The standard InChI is InChI=1S/C9H14ClN3O/c1-5(10)9(14)11-8-6(2)12-13(4)7(8)3/h5H,1-4H3,(H,11,14). The molecule has 0 aliphatic rings. The molecule has 0 fully saturated rings. The van der Waals surface area contributed by atoms with E-state index in [1.807, 2.05) is 20.9 Å². The van der Waals surface area contributed by atoms with Crippen molar-refractivity contribution >= 4 is 23.2 Å². The van der Waals surface area contributed by atoms with Crippen LogP contribution in [0.25, 0.3) is 0 Å². The monoisotopic (exact) mass is 215 g/mol. The fraction of sp³-hybridized carbons (Fsp3) is 0.556. The fourth-order valence-electron chi connectivity index (χ4n) is 1.18. The van der Waals surface area contributed by atoms with Gasteiger partial charge in [-0.2, -0.15) is 5.10 Å². The molecule has 1 amide bonds. The van der Waals surface area contributed by atoms with Crippen LogP contribution >= 0.6 is 11.6 Å². The zero-order valence-corrected chi connectivity index (χ0v) is 9.51. The van der Waals surface area contributed by atoms with Crippen LogP contribution in [0.4, 0.5) is 5.69 Å². The second-order valence-corrected chi connectivity index (χ2v) is 3.93.